The molecule has 1 unspecified atom stereocenters. The van der Waals surface area contributed by atoms with Crippen molar-refractivity contribution in [2.45, 2.75) is 38.6 Å². The summed E-state index contributed by atoms with van der Waals surface area (Å²) >= 11 is 1.73. The van der Waals surface area contributed by atoms with Gasteiger partial charge in [-0.3, -0.25) is 9.48 Å². The Balaban J connectivity index is 1.81. The van der Waals surface area contributed by atoms with Crippen LogP contribution in [0.25, 0.3) is 0 Å². The molecule has 1 aliphatic carbocycles. The monoisotopic (exact) mass is 303 g/mol. The van der Waals surface area contributed by atoms with Gasteiger partial charge in [0.15, 0.2) is 0 Å². The van der Waals surface area contributed by atoms with Crippen molar-refractivity contribution in [1.29, 1.82) is 0 Å². The highest BCUT2D eigenvalue weighted by atomic mass is 32.1. The molecule has 5 heteroatoms. The number of thiophene rings is 1. The molecule has 1 fully saturated rings. The zero-order chi connectivity index (χ0) is 14.8. The van der Waals surface area contributed by atoms with Gasteiger partial charge in [0.25, 0.3) is 5.91 Å². The summed E-state index contributed by atoms with van der Waals surface area (Å²) in [6.07, 6.45) is 6.61. The van der Waals surface area contributed by atoms with Crippen LogP contribution in [0.4, 0.5) is 0 Å². The molecule has 1 N–H and O–H groups in total. The summed E-state index contributed by atoms with van der Waals surface area (Å²) in [4.78, 5) is 13.8. The quantitative estimate of drug-likeness (QED) is 0.940. The molecule has 2 aromatic rings. The summed E-state index contributed by atoms with van der Waals surface area (Å²) in [5, 5.41) is 9.50. The molecule has 1 aliphatic rings. The molecule has 4 nitrogen and oxygen atoms in total. The van der Waals surface area contributed by atoms with Crippen molar-refractivity contribution in [1.82, 2.24) is 15.1 Å². The van der Waals surface area contributed by atoms with Crippen LogP contribution in [0.1, 0.15) is 52.7 Å². The summed E-state index contributed by atoms with van der Waals surface area (Å²) in [7, 11) is 1.86. The third-order valence-corrected chi connectivity index (χ3v) is 5.44. The first-order valence-electron chi connectivity index (χ1n) is 7.49. The van der Waals surface area contributed by atoms with Crippen molar-refractivity contribution >= 4 is 17.2 Å². The van der Waals surface area contributed by atoms with E-state index in [0.717, 1.165) is 5.69 Å². The summed E-state index contributed by atoms with van der Waals surface area (Å²) in [6.45, 7) is 1.93. The van der Waals surface area contributed by atoms with Gasteiger partial charge in [-0.1, -0.05) is 18.9 Å². The van der Waals surface area contributed by atoms with Crippen LogP contribution < -0.4 is 5.32 Å². The van der Waals surface area contributed by atoms with Crippen LogP contribution in [0, 0.1) is 12.8 Å². The van der Waals surface area contributed by atoms with Gasteiger partial charge in [-0.05, 0) is 37.1 Å². The van der Waals surface area contributed by atoms with Crippen molar-refractivity contribution in [3.63, 3.8) is 0 Å². The van der Waals surface area contributed by atoms with Crippen LogP contribution in [0.3, 0.4) is 0 Å². The van der Waals surface area contributed by atoms with Gasteiger partial charge >= 0.3 is 0 Å². The normalized spacial score (nSPS) is 17.0. The highest BCUT2D eigenvalue weighted by molar-refractivity contribution is 7.10. The third kappa shape index (κ3) is 2.88. The van der Waals surface area contributed by atoms with Gasteiger partial charge in [0, 0.05) is 17.6 Å². The molecule has 1 atom stereocenters. The summed E-state index contributed by atoms with van der Waals surface area (Å²) in [5.74, 6) is 0.551. The molecular formula is C16H21N3OS. The van der Waals surface area contributed by atoms with Gasteiger partial charge in [0.2, 0.25) is 0 Å². The Kier molecular flexibility index (Phi) is 4.10. The minimum atomic E-state index is -0.00843. The molecule has 21 heavy (non-hydrogen) atoms. The first-order chi connectivity index (χ1) is 10.2. The van der Waals surface area contributed by atoms with Crippen molar-refractivity contribution in [3.8, 4) is 0 Å². The molecule has 1 saturated carbocycles. The predicted molar refractivity (Wildman–Crippen MR) is 84.4 cm³/mol. The molecule has 112 valence electrons. The van der Waals surface area contributed by atoms with E-state index in [1.54, 1.807) is 22.2 Å². The number of carbonyl (C=O) groups excluding carboxylic acids is 1. The Morgan fingerprint density at radius 3 is 2.81 bits per heavy atom. The lowest BCUT2D eigenvalue weighted by molar-refractivity contribution is 0.0922. The minimum Gasteiger partial charge on any atom is -0.344 e. The van der Waals surface area contributed by atoms with E-state index in [2.05, 4.69) is 27.9 Å². The zero-order valence-corrected chi connectivity index (χ0v) is 13.3. The highest BCUT2D eigenvalue weighted by Crippen LogP contribution is 2.37. The third-order valence-electron chi connectivity index (χ3n) is 4.49. The lowest BCUT2D eigenvalue weighted by atomic mass is 9.96. The zero-order valence-electron chi connectivity index (χ0n) is 12.5. The van der Waals surface area contributed by atoms with E-state index in [-0.39, 0.29) is 11.9 Å². The number of nitrogens with zero attached hydrogens (tertiary/aromatic N) is 2. The predicted octanol–water partition coefficient (Wildman–Crippen LogP) is 3.45. The Morgan fingerprint density at radius 2 is 2.24 bits per heavy atom. The number of aryl methyl sites for hydroxylation is 1. The number of hydrogen-bond acceptors (Lipinski definition) is 3. The van der Waals surface area contributed by atoms with Gasteiger partial charge in [0.1, 0.15) is 0 Å². The first-order valence-corrected chi connectivity index (χ1v) is 8.37. The fourth-order valence-electron chi connectivity index (χ4n) is 3.12. The molecule has 2 heterocycles. The van der Waals surface area contributed by atoms with E-state index < -0.39 is 0 Å². The maximum atomic E-state index is 12.6. The molecule has 0 radical (unpaired) electrons. The molecule has 0 aromatic carbocycles. The van der Waals surface area contributed by atoms with E-state index >= 15 is 0 Å². The van der Waals surface area contributed by atoms with E-state index in [1.165, 1.54) is 30.6 Å². The summed E-state index contributed by atoms with van der Waals surface area (Å²) in [5.41, 5.74) is 1.58. The Hall–Kier alpha value is -1.62. The van der Waals surface area contributed by atoms with E-state index in [1.807, 2.05) is 14.0 Å². The second-order valence-electron chi connectivity index (χ2n) is 5.78. The van der Waals surface area contributed by atoms with Crippen LogP contribution >= 0.6 is 11.3 Å². The second-order valence-corrected chi connectivity index (χ2v) is 6.76. The molecule has 0 aliphatic heterocycles. The van der Waals surface area contributed by atoms with E-state index in [4.69, 9.17) is 0 Å². The maximum Gasteiger partial charge on any atom is 0.255 e. The molecule has 0 spiro atoms. The van der Waals surface area contributed by atoms with Gasteiger partial charge in [0.05, 0.1) is 17.8 Å². The van der Waals surface area contributed by atoms with Crippen molar-refractivity contribution < 1.29 is 4.79 Å². The fourth-order valence-corrected chi connectivity index (χ4v) is 3.99. The van der Waals surface area contributed by atoms with Crippen LogP contribution in [-0.2, 0) is 7.05 Å². The molecule has 1 amide bonds. The fraction of sp³-hybridized carbons (Fsp3) is 0.500. The van der Waals surface area contributed by atoms with Crippen molar-refractivity contribution in [3.05, 3.63) is 39.8 Å². The SMILES string of the molecule is Cc1c(C(=O)NC(c2cccs2)C2CCCC2)cnn1C. The number of rotatable bonds is 4. The number of nitrogens with one attached hydrogen (secondary N) is 1. The standard InChI is InChI=1S/C16H21N3OS/c1-11-13(10-17-19(11)2)16(20)18-15(12-6-3-4-7-12)14-8-5-9-21-14/h5,8-10,12,15H,3-4,6-7H2,1-2H3,(H,18,20). The van der Waals surface area contributed by atoms with E-state index in [9.17, 15) is 4.79 Å². The Morgan fingerprint density at radius 1 is 1.48 bits per heavy atom. The highest BCUT2D eigenvalue weighted by Gasteiger charge is 2.29. The first kappa shape index (κ1) is 14.3. The lowest BCUT2D eigenvalue weighted by Crippen LogP contribution is -2.32. The van der Waals surface area contributed by atoms with Crippen molar-refractivity contribution in [2.24, 2.45) is 13.0 Å². The molecular weight excluding hydrogens is 282 g/mol. The lowest BCUT2D eigenvalue weighted by Gasteiger charge is -2.23. The topological polar surface area (TPSA) is 46.9 Å². The molecule has 0 saturated heterocycles. The van der Waals surface area contributed by atoms with Crippen LogP contribution in [0.2, 0.25) is 0 Å². The van der Waals surface area contributed by atoms with Gasteiger partial charge < -0.3 is 5.32 Å². The number of hydrogen-bond donors (Lipinski definition) is 1. The largest absolute Gasteiger partial charge is 0.344 e. The maximum absolute atomic E-state index is 12.6. The van der Waals surface area contributed by atoms with Crippen LogP contribution in [0.5, 0.6) is 0 Å². The molecule has 3 rings (SSSR count). The summed E-state index contributed by atoms with van der Waals surface area (Å²) < 4.78 is 1.74. The number of aromatic nitrogens is 2. The Bertz CT molecular complexity index is 612. The van der Waals surface area contributed by atoms with Gasteiger partial charge in [-0.2, -0.15) is 5.10 Å². The van der Waals surface area contributed by atoms with Gasteiger partial charge in [-0.25, -0.2) is 0 Å². The average Bonchev–Trinajstić information content (AvgIpc) is 3.20. The number of carbonyl (C=O) groups is 1. The number of amides is 1. The smallest absolute Gasteiger partial charge is 0.255 e. The Labute approximate surface area is 129 Å². The second kappa shape index (κ2) is 6.02. The molecule has 2 aromatic heterocycles. The van der Waals surface area contributed by atoms with E-state index in [0.29, 0.717) is 11.5 Å². The van der Waals surface area contributed by atoms with Gasteiger partial charge in [-0.15, -0.1) is 11.3 Å². The minimum absolute atomic E-state index is 0.00843. The van der Waals surface area contributed by atoms with Crippen molar-refractivity contribution in [2.75, 3.05) is 0 Å². The average molecular weight is 303 g/mol. The van der Waals surface area contributed by atoms with Crippen LogP contribution in [-0.4, -0.2) is 15.7 Å². The summed E-state index contributed by atoms with van der Waals surface area (Å²) in [6, 6.07) is 4.33. The molecule has 0 bridgehead atoms. The van der Waals surface area contributed by atoms with Crippen LogP contribution in [0.15, 0.2) is 23.7 Å².